The van der Waals surface area contributed by atoms with Gasteiger partial charge in [0, 0.05) is 6.54 Å². The number of hydrogen-bond donors (Lipinski definition) is 2. The van der Waals surface area contributed by atoms with Gasteiger partial charge in [0.1, 0.15) is 12.6 Å². The van der Waals surface area contributed by atoms with E-state index in [4.69, 9.17) is 4.74 Å². The highest BCUT2D eigenvalue weighted by molar-refractivity contribution is 5.86. The summed E-state index contributed by atoms with van der Waals surface area (Å²) in [5.74, 6) is -0.295. The SMILES string of the molecule is CC(C)C(NC(=O)OCc1ccccc1)C(=O)N1CC[C@H](O)[C@@H]1Cc1ccccc1. The van der Waals surface area contributed by atoms with E-state index >= 15 is 0 Å². The third-order valence-corrected chi connectivity index (χ3v) is 5.50. The first-order valence-electron chi connectivity index (χ1n) is 10.5. The van der Waals surface area contributed by atoms with E-state index in [1.165, 1.54) is 0 Å². The number of ether oxygens (including phenoxy) is 1. The molecular formula is C24H30N2O4. The number of nitrogens with zero attached hydrogens (tertiary/aromatic N) is 1. The first-order chi connectivity index (χ1) is 14.5. The molecule has 1 aliphatic rings. The van der Waals surface area contributed by atoms with Crippen LogP contribution in [0.5, 0.6) is 0 Å². The topological polar surface area (TPSA) is 78.9 Å². The number of hydrogen-bond acceptors (Lipinski definition) is 4. The minimum absolute atomic E-state index is 0.114. The number of rotatable bonds is 7. The maximum atomic E-state index is 13.3. The monoisotopic (exact) mass is 410 g/mol. The highest BCUT2D eigenvalue weighted by Gasteiger charge is 2.39. The quantitative estimate of drug-likeness (QED) is 0.735. The molecule has 1 heterocycles. The van der Waals surface area contributed by atoms with Crippen LogP contribution in [0.4, 0.5) is 4.79 Å². The van der Waals surface area contributed by atoms with Crippen LogP contribution in [-0.4, -0.2) is 46.7 Å². The number of carbonyl (C=O) groups excluding carboxylic acids is 2. The Morgan fingerprint density at radius 2 is 1.67 bits per heavy atom. The molecule has 0 radical (unpaired) electrons. The summed E-state index contributed by atoms with van der Waals surface area (Å²) in [6, 6.07) is 18.2. The second-order valence-electron chi connectivity index (χ2n) is 8.07. The van der Waals surface area contributed by atoms with Gasteiger partial charge in [0.15, 0.2) is 0 Å². The lowest BCUT2D eigenvalue weighted by molar-refractivity contribution is -0.136. The molecule has 6 nitrogen and oxygen atoms in total. The zero-order chi connectivity index (χ0) is 21.5. The predicted octanol–water partition coefficient (Wildman–Crippen LogP) is 3.14. The van der Waals surface area contributed by atoms with Crippen molar-refractivity contribution in [1.29, 1.82) is 0 Å². The minimum atomic E-state index is -0.711. The Morgan fingerprint density at radius 1 is 1.07 bits per heavy atom. The van der Waals surface area contributed by atoms with E-state index in [1.807, 2.05) is 74.5 Å². The van der Waals surface area contributed by atoms with Gasteiger partial charge in [0.05, 0.1) is 12.1 Å². The summed E-state index contributed by atoms with van der Waals surface area (Å²) >= 11 is 0. The van der Waals surface area contributed by atoms with E-state index in [0.717, 1.165) is 11.1 Å². The fourth-order valence-electron chi connectivity index (χ4n) is 3.80. The average molecular weight is 411 g/mol. The molecule has 0 aliphatic carbocycles. The normalized spacial score (nSPS) is 19.5. The first-order valence-corrected chi connectivity index (χ1v) is 10.5. The van der Waals surface area contributed by atoms with Gasteiger partial charge in [-0.1, -0.05) is 74.5 Å². The van der Waals surface area contributed by atoms with Crippen LogP contribution >= 0.6 is 0 Å². The Hall–Kier alpha value is -2.86. The predicted molar refractivity (Wildman–Crippen MR) is 115 cm³/mol. The Morgan fingerprint density at radius 3 is 2.27 bits per heavy atom. The van der Waals surface area contributed by atoms with Crippen LogP contribution in [0.25, 0.3) is 0 Å². The summed E-state index contributed by atoms with van der Waals surface area (Å²) in [5.41, 5.74) is 1.95. The van der Waals surface area contributed by atoms with Gasteiger partial charge in [-0.25, -0.2) is 4.79 Å². The molecule has 2 aromatic carbocycles. The van der Waals surface area contributed by atoms with E-state index in [-0.39, 0.29) is 24.5 Å². The van der Waals surface area contributed by atoms with E-state index in [1.54, 1.807) is 4.90 Å². The van der Waals surface area contributed by atoms with Gasteiger partial charge in [-0.2, -0.15) is 0 Å². The van der Waals surface area contributed by atoms with Gasteiger partial charge in [-0.05, 0) is 29.9 Å². The van der Waals surface area contributed by atoms with Crippen molar-refractivity contribution in [3.05, 3.63) is 71.8 Å². The fourth-order valence-corrected chi connectivity index (χ4v) is 3.80. The van der Waals surface area contributed by atoms with Crippen LogP contribution in [0.3, 0.4) is 0 Å². The number of aliphatic hydroxyl groups is 1. The molecule has 2 N–H and O–H groups in total. The number of amides is 2. The molecule has 1 aliphatic heterocycles. The summed E-state index contributed by atoms with van der Waals surface area (Å²) < 4.78 is 5.29. The Balaban J connectivity index is 1.64. The number of carbonyl (C=O) groups is 2. The third kappa shape index (κ3) is 5.60. The molecular weight excluding hydrogens is 380 g/mol. The zero-order valence-electron chi connectivity index (χ0n) is 17.5. The van der Waals surface area contributed by atoms with Crippen molar-refractivity contribution < 1.29 is 19.4 Å². The molecule has 1 saturated heterocycles. The molecule has 0 spiro atoms. The van der Waals surface area contributed by atoms with Gasteiger partial charge in [-0.15, -0.1) is 0 Å². The van der Waals surface area contributed by atoms with Gasteiger partial charge < -0.3 is 20.1 Å². The van der Waals surface area contributed by atoms with Crippen molar-refractivity contribution in [2.24, 2.45) is 5.92 Å². The molecule has 0 aromatic heterocycles. The Kier molecular flexibility index (Phi) is 7.46. The molecule has 6 heteroatoms. The summed E-state index contributed by atoms with van der Waals surface area (Å²) in [7, 11) is 0. The molecule has 3 atom stereocenters. The lowest BCUT2D eigenvalue weighted by Gasteiger charge is -2.31. The maximum absolute atomic E-state index is 13.3. The highest BCUT2D eigenvalue weighted by atomic mass is 16.5. The second kappa shape index (κ2) is 10.3. The number of benzene rings is 2. The highest BCUT2D eigenvalue weighted by Crippen LogP contribution is 2.24. The van der Waals surface area contributed by atoms with Gasteiger partial charge in [0.2, 0.25) is 5.91 Å². The van der Waals surface area contributed by atoms with Crippen LogP contribution in [0.1, 0.15) is 31.4 Å². The summed E-state index contributed by atoms with van der Waals surface area (Å²) in [6.45, 7) is 4.39. The maximum Gasteiger partial charge on any atom is 0.408 e. The molecule has 1 fully saturated rings. The molecule has 0 saturated carbocycles. The van der Waals surface area contributed by atoms with Gasteiger partial charge >= 0.3 is 6.09 Å². The fraction of sp³-hybridized carbons (Fsp3) is 0.417. The van der Waals surface area contributed by atoms with Crippen LogP contribution in [0.15, 0.2) is 60.7 Å². The molecule has 2 aromatic rings. The van der Waals surface area contributed by atoms with E-state index in [2.05, 4.69) is 5.32 Å². The number of nitrogens with one attached hydrogen (secondary N) is 1. The van der Waals surface area contributed by atoms with Crippen molar-refractivity contribution in [1.82, 2.24) is 10.2 Å². The third-order valence-electron chi connectivity index (χ3n) is 5.50. The molecule has 0 bridgehead atoms. The molecule has 2 amide bonds. The number of alkyl carbamates (subject to hydrolysis) is 1. The van der Waals surface area contributed by atoms with Crippen molar-refractivity contribution in [3.63, 3.8) is 0 Å². The molecule has 3 rings (SSSR count). The van der Waals surface area contributed by atoms with E-state index < -0.39 is 18.2 Å². The standard InChI is InChI=1S/C24H30N2O4/c1-17(2)22(25-24(29)30-16-19-11-7-4-8-12-19)23(28)26-14-13-21(27)20(26)15-18-9-5-3-6-10-18/h3-12,17,20-22,27H,13-16H2,1-2H3,(H,25,29)/t20-,21-,22?/m0/s1. The number of aliphatic hydroxyl groups excluding tert-OH is 1. The molecule has 160 valence electrons. The summed E-state index contributed by atoms with van der Waals surface area (Å²) in [6.07, 6.45) is -0.0824. The minimum Gasteiger partial charge on any atom is -0.445 e. The first kappa shape index (κ1) is 21.8. The summed E-state index contributed by atoms with van der Waals surface area (Å²) in [5, 5.41) is 13.2. The Bertz CT molecular complexity index is 826. The molecule has 30 heavy (non-hydrogen) atoms. The largest absolute Gasteiger partial charge is 0.445 e. The van der Waals surface area contributed by atoms with Crippen molar-refractivity contribution in [2.45, 2.75) is 51.5 Å². The van der Waals surface area contributed by atoms with Crippen molar-refractivity contribution in [3.8, 4) is 0 Å². The molecule has 1 unspecified atom stereocenters. The van der Waals surface area contributed by atoms with Crippen LogP contribution < -0.4 is 5.32 Å². The average Bonchev–Trinajstić information content (AvgIpc) is 3.11. The van der Waals surface area contributed by atoms with Crippen LogP contribution in [-0.2, 0) is 22.6 Å². The van der Waals surface area contributed by atoms with E-state index in [9.17, 15) is 14.7 Å². The van der Waals surface area contributed by atoms with Gasteiger partial charge in [-0.3, -0.25) is 4.79 Å². The van der Waals surface area contributed by atoms with Crippen LogP contribution in [0.2, 0.25) is 0 Å². The number of likely N-dealkylation sites (tertiary alicyclic amines) is 1. The van der Waals surface area contributed by atoms with Crippen LogP contribution in [0, 0.1) is 5.92 Å². The smallest absolute Gasteiger partial charge is 0.408 e. The lowest BCUT2D eigenvalue weighted by atomic mass is 9.99. The Labute approximate surface area is 177 Å². The second-order valence-corrected chi connectivity index (χ2v) is 8.07. The summed E-state index contributed by atoms with van der Waals surface area (Å²) in [4.78, 5) is 27.3. The van der Waals surface area contributed by atoms with Crippen molar-refractivity contribution in [2.75, 3.05) is 6.54 Å². The van der Waals surface area contributed by atoms with E-state index in [0.29, 0.717) is 19.4 Å². The van der Waals surface area contributed by atoms with Gasteiger partial charge in [0.25, 0.3) is 0 Å². The lowest BCUT2D eigenvalue weighted by Crippen LogP contribution is -2.53. The van der Waals surface area contributed by atoms with Crippen molar-refractivity contribution >= 4 is 12.0 Å². The zero-order valence-corrected chi connectivity index (χ0v) is 17.5.